The molecule has 0 radical (unpaired) electrons. The lowest BCUT2D eigenvalue weighted by atomic mass is 9.90. The molecule has 0 spiro atoms. The van der Waals surface area contributed by atoms with Gasteiger partial charge in [-0.05, 0) is 37.6 Å². The lowest BCUT2D eigenvalue weighted by Gasteiger charge is -2.37. The van der Waals surface area contributed by atoms with Gasteiger partial charge in [-0.25, -0.2) is 0 Å². The molecule has 1 aromatic heterocycles. The standard InChI is InChI=1S/C16H22N2O4S/c1-11-13(16(21)22)4-3-8-18(11)14(19)5-2-7-17-15(20)12-6-9-23-10-12/h6,9-11,13H,2-5,7-8H2,1H3,(H,17,20)(H,21,22)/t11-,13-/m1/s1. The molecule has 23 heavy (non-hydrogen) atoms. The highest BCUT2D eigenvalue weighted by Crippen LogP contribution is 2.24. The van der Waals surface area contributed by atoms with E-state index in [1.807, 2.05) is 5.38 Å². The second-order valence-corrected chi connectivity index (χ2v) is 6.57. The van der Waals surface area contributed by atoms with Crippen LogP contribution in [0.15, 0.2) is 16.8 Å². The van der Waals surface area contributed by atoms with E-state index in [1.54, 1.807) is 23.3 Å². The van der Waals surface area contributed by atoms with Gasteiger partial charge in [0.25, 0.3) is 5.91 Å². The van der Waals surface area contributed by atoms with Gasteiger partial charge in [0.2, 0.25) is 5.91 Å². The number of carboxylic acids is 1. The van der Waals surface area contributed by atoms with Crippen LogP contribution in [0.3, 0.4) is 0 Å². The summed E-state index contributed by atoms with van der Waals surface area (Å²) in [5.41, 5.74) is 0.635. The second-order valence-electron chi connectivity index (χ2n) is 5.79. The zero-order chi connectivity index (χ0) is 16.8. The van der Waals surface area contributed by atoms with E-state index in [9.17, 15) is 19.5 Å². The summed E-state index contributed by atoms with van der Waals surface area (Å²) in [7, 11) is 0. The summed E-state index contributed by atoms with van der Waals surface area (Å²) in [4.78, 5) is 36.9. The highest BCUT2D eigenvalue weighted by atomic mass is 32.1. The number of hydrogen-bond acceptors (Lipinski definition) is 4. The zero-order valence-corrected chi connectivity index (χ0v) is 14.0. The van der Waals surface area contributed by atoms with Crippen LogP contribution in [0.2, 0.25) is 0 Å². The van der Waals surface area contributed by atoms with E-state index in [0.29, 0.717) is 37.9 Å². The minimum atomic E-state index is -0.835. The van der Waals surface area contributed by atoms with Gasteiger partial charge in [0.05, 0.1) is 5.92 Å². The molecule has 0 aromatic carbocycles. The van der Waals surface area contributed by atoms with Crippen molar-refractivity contribution in [2.45, 2.75) is 38.6 Å². The SMILES string of the molecule is C[C@@H]1[C@H](C(=O)O)CCCN1C(=O)CCCNC(=O)c1ccsc1. The third-order valence-corrected chi connectivity index (χ3v) is 4.95. The van der Waals surface area contributed by atoms with Crippen molar-refractivity contribution in [2.75, 3.05) is 13.1 Å². The van der Waals surface area contributed by atoms with Crippen LogP contribution >= 0.6 is 11.3 Å². The van der Waals surface area contributed by atoms with Crippen molar-refractivity contribution >= 4 is 29.1 Å². The first-order chi connectivity index (χ1) is 11.0. The van der Waals surface area contributed by atoms with Gasteiger partial charge >= 0.3 is 5.97 Å². The molecule has 1 aliphatic rings. The van der Waals surface area contributed by atoms with Crippen molar-refractivity contribution in [2.24, 2.45) is 5.92 Å². The molecule has 1 saturated heterocycles. The van der Waals surface area contributed by atoms with Crippen LogP contribution in [0.1, 0.15) is 43.0 Å². The van der Waals surface area contributed by atoms with Gasteiger partial charge in [-0.3, -0.25) is 14.4 Å². The third-order valence-electron chi connectivity index (χ3n) is 4.26. The smallest absolute Gasteiger partial charge is 0.308 e. The number of hydrogen-bond donors (Lipinski definition) is 2. The molecule has 1 aliphatic heterocycles. The van der Waals surface area contributed by atoms with Gasteiger partial charge in [-0.2, -0.15) is 11.3 Å². The summed E-state index contributed by atoms with van der Waals surface area (Å²) in [6, 6.07) is 1.49. The van der Waals surface area contributed by atoms with E-state index in [4.69, 9.17) is 0 Å². The number of nitrogens with zero attached hydrogens (tertiary/aromatic N) is 1. The third kappa shape index (κ3) is 4.54. The van der Waals surface area contributed by atoms with Crippen LogP contribution in [0.5, 0.6) is 0 Å². The maximum Gasteiger partial charge on any atom is 0.308 e. The molecule has 2 rings (SSSR count). The Balaban J connectivity index is 1.74. The number of thiophene rings is 1. The number of carbonyl (C=O) groups is 3. The zero-order valence-electron chi connectivity index (χ0n) is 13.2. The van der Waals surface area contributed by atoms with E-state index >= 15 is 0 Å². The van der Waals surface area contributed by atoms with Crippen LogP contribution in [-0.2, 0) is 9.59 Å². The minimum absolute atomic E-state index is 0.0340. The van der Waals surface area contributed by atoms with Gasteiger partial charge in [0.15, 0.2) is 0 Å². The quantitative estimate of drug-likeness (QED) is 0.777. The molecular formula is C16H22N2O4S. The van der Waals surface area contributed by atoms with E-state index in [1.165, 1.54) is 11.3 Å². The first-order valence-corrected chi connectivity index (χ1v) is 8.77. The number of nitrogens with one attached hydrogen (secondary N) is 1. The predicted octanol–water partition coefficient (Wildman–Crippen LogP) is 1.97. The monoisotopic (exact) mass is 338 g/mol. The van der Waals surface area contributed by atoms with Crippen molar-refractivity contribution in [3.63, 3.8) is 0 Å². The fourth-order valence-electron chi connectivity index (χ4n) is 2.91. The maximum atomic E-state index is 12.3. The molecule has 6 nitrogen and oxygen atoms in total. The summed E-state index contributed by atoms with van der Waals surface area (Å²) in [5, 5.41) is 15.6. The summed E-state index contributed by atoms with van der Waals surface area (Å²) >= 11 is 1.46. The molecule has 2 amide bonds. The molecule has 1 fully saturated rings. The lowest BCUT2D eigenvalue weighted by molar-refractivity contribution is -0.149. The van der Waals surface area contributed by atoms with Crippen LogP contribution in [0.4, 0.5) is 0 Å². The van der Waals surface area contributed by atoms with Crippen molar-refractivity contribution in [3.8, 4) is 0 Å². The summed E-state index contributed by atoms with van der Waals surface area (Å²) in [6.07, 6.45) is 2.22. The predicted molar refractivity (Wildman–Crippen MR) is 87.4 cm³/mol. The van der Waals surface area contributed by atoms with Gasteiger partial charge in [0.1, 0.15) is 0 Å². The van der Waals surface area contributed by atoms with E-state index < -0.39 is 11.9 Å². The largest absolute Gasteiger partial charge is 0.481 e. The first kappa shape index (κ1) is 17.5. The van der Waals surface area contributed by atoms with Gasteiger partial charge in [0, 0.05) is 36.5 Å². The highest BCUT2D eigenvalue weighted by molar-refractivity contribution is 7.08. The fourth-order valence-corrected chi connectivity index (χ4v) is 3.54. The van der Waals surface area contributed by atoms with Crippen molar-refractivity contribution in [1.29, 1.82) is 0 Å². The van der Waals surface area contributed by atoms with Crippen LogP contribution in [0, 0.1) is 5.92 Å². The van der Waals surface area contributed by atoms with Crippen molar-refractivity contribution < 1.29 is 19.5 Å². The minimum Gasteiger partial charge on any atom is -0.481 e. The van der Waals surface area contributed by atoms with Crippen LogP contribution < -0.4 is 5.32 Å². The second kappa shape index (κ2) is 8.10. The molecule has 0 aliphatic carbocycles. The lowest BCUT2D eigenvalue weighted by Crippen LogP contribution is -2.49. The average Bonchev–Trinajstić information content (AvgIpc) is 3.05. The van der Waals surface area contributed by atoms with Crippen molar-refractivity contribution in [3.05, 3.63) is 22.4 Å². The molecule has 7 heteroatoms. The van der Waals surface area contributed by atoms with Gasteiger partial charge in [-0.1, -0.05) is 0 Å². The number of aliphatic carboxylic acids is 1. The molecule has 1 aromatic rings. The Morgan fingerprint density at radius 1 is 1.43 bits per heavy atom. The van der Waals surface area contributed by atoms with E-state index in [0.717, 1.165) is 6.42 Å². The average molecular weight is 338 g/mol. The van der Waals surface area contributed by atoms with Gasteiger partial charge < -0.3 is 15.3 Å². The molecule has 0 bridgehead atoms. The molecular weight excluding hydrogens is 316 g/mol. The fraction of sp³-hybridized carbons (Fsp3) is 0.562. The molecule has 0 saturated carbocycles. The molecule has 0 unspecified atom stereocenters. The Kier molecular flexibility index (Phi) is 6.15. The van der Waals surface area contributed by atoms with Crippen LogP contribution in [0.25, 0.3) is 0 Å². The summed E-state index contributed by atoms with van der Waals surface area (Å²) < 4.78 is 0. The normalized spacial score (nSPS) is 21.0. The number of rotatable bonds is 6. The number of piperidine rings is 1. The molecule has 2 heterocycles. The Hall–Kier alpha value is -1.89. The van der Waals surface area contributed by atoms with E-state index in [-0.39, 0.29) is 17.9 Å². The Morgan fingerprint density at radius 2 is 2.22 bits per heavy atom. The Morgan fingerprint density at radius 3 is 2.87 bits per heavy atom. The number of carboxylic acid groups (broad SMARTS) is 1. The van der Waals surface area contributed by atoms with E-state index in [2.05, 4.69) is 5.32 Å². The first-order valence-electron chi connectivity index (χ1n) is 7.83. The number of carbonyl (C=O) groups excluding carboxylic acids is 2. The highest BCUT2D eigenvalue weighted by Gasteiger charge is 2.34. The van der Waals surface area contributed by atoms with Crippen LogP contribution in [-0.4, -0.2) is 46.9 Å². The van der Waals surface area contributed by atoms with Gasteiger partial charge in [-0.15, -0.1) is 0 Å². The number of likely N-dealkylation sites (tertiary alicyclic amines) is 1. The Labute approximate surface area is 139 Å². The van der Waals surface area contributed by atoms with Crippen molar-refractivity contribution in [1.82, 2.24) is 10.2 Å². The molecule has 2 N–H and O–H groups in total. The molecule has 126 valence electrons. The topological polar surface area (TPSA) is 86.7 Å². The summed E-state index contributed by atoms with van der Waals surface area (Å²) in [5.74, 6) is -1.48. The maximum absolute atomic E-state index is 12.3. The Bertz CT molecular complexity index is 558. The molecule has 2 atom stereocenters. The summed E-state index contributed by atoms with van der Waals surface area (Å²) in [6.45, 7) is 2.85. The number of amides is 2.